The molecular weight excluding hydrogens is 318 g/mol. The van der Waals surface area contributed by atoms with Gasteiger partial charge in [-0.2, -0.15) is 5.10 Å². The fourth-order valence-electron chi connectivity index (χ4n) is 2.20. The van der Waals surface area contributed by atoms with Gasteiger partial charge in [-0.05, 0) is 23.6 Å². The third kappa shape index (κ3) is 3.96. The van der Waals surface area contributed by atoms with Crippen LogP contribution in [0.4, 0.5) is 0 Å². The van der Waals surface area contributed by atoms with Gasteiger partial charge in [-0.25, -0.2) is 17.9 Å². The van der Waals surface area contributed by atoms with Crippen LogP contribution >= 0.6 is 0 Å². The number of carboxylic acids is 1. The lowest BCUT2D eigenvalue weighted by atomic mass is 10.0. The molecule has 0 spiro atoms. The van der Waals surface area contributed by atoms with Crippen molar-refractivity contribution in [2.75, 3.05) is 0 Å². The predicted octanol–water partition coefficient (Wildman–Crippen LogP) is 1.72. The molecule has 0 aliphatic carbocycles. The van der Waals surface area contributed by atoms with Crippen LogP contribution in [0.25, 0.3) is 0 Å². The number of aromatic nitrogens is 2. The smallest absolute Gasteiger partial charge is 0.335 e. The molecule has 7 nitrogen and oxygen atoms in total. The highest BCUT2D eigenvalue weighted by Crippen LogP contribution is 2.25. The zero-order valence-electron chi connectivity index (χ0n) is 13.1. The zero-order valence-corrected chi connectivity index (χ0v) is 14.0. The van der Waals surface area contributed by atoms with Crippen molar-refractivity contribution in [1.29, 1.82) is 0 Å². The summed E-state index contributed by atoms with van der Waals surface area (Å²) in [5.41, 5.74) is 1.24. The Kier molecular flexibility index (Phi) is 4.86. The van der Waals surface area contributed by atoms with Crippen LogP contribution in [0.5, 0.6) is 0 Å². The molecular formula is C15H19N3O4S. The topological polar surface area (TPSA) is 101 Å². The largest absolute Gasteiger partial charge is 0.478 e. The summed E-state index contributed by atoms with van der Waals surface area (Å²) in [6.07, 6.45) is 3.28. The highest BCUT2D eigenvalue weighted by Gasteiger charge is 2.22. The average molecular weight is 337 g/mol. The number of aryl methyl sites for hydroxylation is 1. The molecule has 0 unspecified atom stereocenters. The summed E-state index contributed by atoms with van der Waals surface area (Å²) < 4.78 is 29.2. The molecule has 0 aliphatic heterocycles. The molecule has 2 rings (SSSR count). The molecule has 2 aromatic rings. The molecule has 0 amide bonds. The summed E-state index contributed by atoms with van der Waals surface area (Å²) in [5.74, 6) is -1.22. The van der Waals surface area contributed by atoms with Gasteiger partial charge in [-0.15, -0.1) is 0 Å². The maximum absolute atomic E-state index is 12.6. The van der Waals surface area contributed by atoms with Crippen LogP contribution in [-0.4, -0.2) is 29.3 Å². The van der Waals surface area contributed by atoms with Gasteiger partial charge in [0.2, 0.25) is 10.0 Å². The van der Waals surface area contributed by atoms with E-state index in [0.717, 1.165) is 5.56 Å². The summed E-state index contributed by atoms with van der Waals surface area (Å²) in [6, 6.07) is 4.16. The van der Waals surface area contributed by atoms with Gasteiger partial charge in [0.1, 0.15) is 0 Å². The number of benzene rings is 1. The average Bonchev–Trinajstić information content (AvgIpc) is 2.90. The minimum atomic E-state index is -3.83. The van der Waals surface area contributed by atoms with Crippen LogP contribution in [-0.2, 0) is 23.6 Å². The first kappa shape index (κ1) is 17.2. The fraction of sp³-hybridized carbons (Fsp3) is 0.333. The molecule has 124 valence electrons. The fourth-order valence-corrected chi connectivity index (χ4v) is 3.60. The van der Waals surface area contributed by atoms with Gasteiger partial charge >= 0.3 is 5.97 Å². The molecule has 1 aromatic heterocycles. The molecule has 0 saturated heterocycles. The Morgan fingerprint density at radius 2 is 2.09 bits per heavy atom. The first-order valence-corrected chi connectivity index (χ1v) is 8.53. The second-order valence-electron chi connectivity index (χ2n) is 5.56. The van der Waals surface area contributed by atoms with Gasteiger partial charge in [0.15, 0.2) is 0 Å². The molecule has 0 fully saturated rings. The number of rotatable bonds is 6. The molecule has 0 atom stereocenters. The van der Waals surface area contributed by atoms with E-state index in [4.69, 9.17) is 5.11 Å². The Labute approximate surface area is 135 Å². The lowest BCUT2D eigenvalue weighted by molar-refractivity contribution is 0.0696. The number of hydrogen-bond acceptors (Lipinski definition) is 4. The van der Waals surface area contributed by atoms with Crippen LogP contribution in [0.2, 0.25) is 0 Å². The molecule has 1 heterocycles. The molecule has 2 N–H and O–H groups in total. The van der Waals surface area contributed by atoms with Crippen LogP contribution in [0.15, 0.2) is 35.5 Å². The number of hydrogen-bond donors (Lipinski definition) is 2. The van der Waals surface area contributed by atoms with Crippen molar-refractivity contribution in [3.05, 3.63) is 47.3 Å². The number of nitrogens with zero attached hydrogens (tertiary/aromatic N) is 2. The Morgan fingerprint density at radius 3 is 2.61 bits per heavy atom. The molecule has 0 saturated carbocycles. The van der Waals surface area contributed by atoms with E-state index < -0.39 is 16.0 Å². The van der Waals surface area contributed by atoms with Crippen molar-refractivity contribution in [3.63, 3.8) is 0 Å². The van der Waals surface area contributed by atoms with Gasteiger partial charge in [0.05, 0.1) is 16.7 Å². The Balaban J connectivity index is 2.36. The van der Waals surface area contributed by atoms with Crippen molar-refractivity contribution in [1.82, 2.24) is 14.5 Å². The van der Waals surface area contributed by atoms with Crippen LogP contribution in [0.1, 0.15) is 41.3 Å². The normalized spacial score (nSPS) is 11.8. The summed E-state index contributed by atoms with van der Waals surface area (Å²) in [6.45, 7) is 3.80. The van der Waals surface area contributed by atoms with Crippen LogP contribution in [0.3, 0.4) is 0 Å². The minimum absolute atomic E-state index is 0.00343. The third-order valence-electron chi connectivity index (χ3n) is 3.40. The quantitative estimate of drug-likeness (QED) is 0.836. The van der Waals surface area contributed by atoms with Gasteiger partial charge < -0.3 is 5.11 Å². The van der Waals surface area contributed by atoms with E-state index in [1.54, 1.807) is 30.2 Å². The molecule has 0 aliphatic rings. The van der Waals surface area contributed by atoms with Gasteiger partial charge in [0, 0.05) is 25.4 Å². The summed E-state index contributed by atoms with van der Waals surface area (Å²) in [5, 5.41) is 13.1. The van der Waals surface area contributed by atoms with Crippen molar-refractivity contribution < 1.29 is 18.3 Å². The molecule has 23 heavy (non-hydrogen) atoms. The Morgan fingerprint density at radius 1 is 1.39 bits per heavy atom. The second kappa shape index (κ2) is 6.51. The highest BCUT2D eigenvalue weighted by atomic mass is 32.2. The van der Waals surface area contributed by atoms with Crippen LogP contribution in [0, 0.1) is 0 Å². The molecule has 8 heteroatoms. The Bertz CT molecular complexity index is 825. The predicted molar refractivity (Wildman–Crippen MR) is 84.7 cm³/mol. The summed E-state index contributed by atoms with van der Waals surface area (Å²) in [7, 11) is -2.09. The lowest BCUT2D eigenvalue weighted by Crippen LogP contribution is -2.25. The SMILES string of the molecule is CC(C)c1ccc(C(=O)O)cc1S(=O)(=O)NCc1cnn(C)c1. The van der Waals surface area contributed by atoms with Crippen molar-refractivity contribution in [2.45, 2.75) is 31.2 Å². The van der Waals surface area contributed by atoms with E-state index in [-0.39, 0.29) is 22.9 Å². The van der Waals surface area contributed by atoms with Crippen molar-refractivity contribution >= 4 is 16.0 Å². The zero-order chi connectivity index (χ0) is 17.2. The maximum atomic E-state index is 12.6. The minimum Gasteiger partial charge on any atom is -0.478 e. The van der Waals surface area contributed by atoms with E-state index >= 15 is 0 Å². The van der Waals surface area contributed by atoms with Crippen molar-refractivity contribution in [2.24, 2.45) is 7.05 Å². The number of aromatic carboxylic acids is 1. The molecule has 1 aromatic carbocycles. The molecule has 0 bridgehead atoms. The number of nitrogens with one attached hydrogen (secondary N) is 1. The number of sulfonamides is 1. The van der Waals surface area contributed by atoms with E-state index in [1.807, 2.05) is 13.8 Å². The standard InChI is InChI=1S/C15H19N3O4S/c1-10(2)13-5-4-12(15(19)20)6-14(13)23(21,22)17-8-11-7-16-18(3)9-11/h4-7,9-10,17H,8H2,1-3H3,(H,19,20). The number of carbonyl (C=O) groups is 1. The molecule has 0 radical (unpaired) electrons. The maximum Gasteiger partial charge on any atom is 0.335 e. The van der Waals surface area contributed by atoms with E-state index in [9.17, 15) is 13.2 Å². The van der Waals surface area contributed by atoms with E-state index in [2.05, 4.69) is 9.82 Å². The van der Waals surface area contributed by atoms with Crippen molar-refractivity contribution in [3.8, 4) is 0 Å². The summed E-state index contributed by atoms with van der Waals surface area (Å²) >= 11 is 0. The van der Waals surface area contributed by atoms with Gasteiger partial charge in [-0.1, -0.05) is 19.9 Å². The third-order valence-corrected chi connectivity index (χ3v) is 4.85. The van der Waals surface area contributed by atoms with Gasteiger partial charge in [-0.3, -0.25) is 4.68 Å². The van der Waals surface area contributed by atoms with E-state index in [1.165, 1.54) is 12.1 Å². The number of carboxylic acid groups (broad SMARTS) is 1. The van der Waals surface area contributed by atoms with Crippen LogP contribution < -0.4 is 4.72 Å². The second-order valence-corrected chi connectivity index (χ2v) is 7.29. The summed E-state index contributed by atoms with van der Waals surface area (Å²) in [4.78, 5) is 11.1. The first-order chi connectivity index (χ1) is 10.7. The lowest BCUT2D eigenvalue weighted by Gasteiger charge is -2.14. The highest BCUT2D eigenvalue weighted by molar-refractivity contribution is 7.89. The van der Waals surface area contributed by atoms with E-state index in [0.29, 0.717) is 5.56 Å². The monoisotopic (exact) mass is 337 g/mol. The first-order valence-electron chi connectivity index (χ1n) is 7.05. The van der Waals surface area contributed by atoms with Gasteiger partial charge in [0.25, 0.3) is 0 Å². The Hall–Kier alpha value is -2.19.